The number of benzene rings is 3. The second-order valence-corrected chi connectivity index (χ2v) is 8.11. The van der Waals surface area contributed by atoms with Crippen LogP contribution in [0.3, 0.4) is 0 Å². The van der Waals surface area contributed by atoms with E-state index in [2.05, 4.69) is 20.7 Å². The van der Waals surface area contributed by atoms with Gasteiger partial charge in [-0.05, 0) is 54.6 Å². The third-order valence-electron chi connectivity index (χ3n) is 4.94. The molecule has 1 aromatic heterocycles. The van der Waals surface area contributed by atoms with Gasteiger partial charge in [-0.25, -0.2) is 9.82 Å². The molecule has 178 valence electrons. The van der Waals surface area contributed by atoms with Crippen LogP contribution in [0.15, 0.2) is 83.1 Å². The van der Waals surface area contributed by atoms with E-state index in [4.69, 9.17) is 9.47 Å². The van der Waals surface area contributed by atoms with E-state index in [9.17, 15) is 9.18 Å². The summed E-state index contributed by atoms with van der Waals surface area (Å²) >= 11 is 1.21. The predicted octanol–water partition coefficient (Wildman–Crippen LogP) is 4.33. The Bertz CT molecular complexity index is 1320. The molecule has 1 heterocycles. The van der Waals surface area contributed by atoms with Gasteiger partial charge in [0.2, 0.25) is 0 Å². The average molecular weight is 492 g/mol. The van der Waals surface area contributed by atoms with E-state index in [1.807, 2.05) is 53.1 Å². The molecule has 0 bridgehead atoms. The van der Waals surface area contributed by atoms with E-state index >= 15 is 0 Å². The number of aromatic nitrogens is 3. The number of carbonyl (C=O) groups excluding carboxylic acids is 1. The van der Waals surface area contributed by atoms with Gasteiger partial charge in [0.1, 0.15) is 17.3 Å². The van der Waals surface area contributed by atoms with Crippen LogP contribution in [0.1, 0.15) is 5.56 Å². The predicted molar refractivity (Wildman–Crippen MR) is 133 cm³/mol. The molecule has 0 aliphatic rings. The number of rotatable bonds is 9. The second-order valence-electron chi connectivity index (χ2n) is 7.17. The van der Waals surface area contributed by atoms with Crippen molar-refractivity contribution in [2.75, 3.05) is 20.0 Å². The highest BCUT2D eigenvalue weighted by atomic mass is 32.2. The zero-order valence-corrected chi connectivity index (χ0v) is 19.8. The molecule has 0 fully saturated rings. The lowest BCUT2D eigenvalue weighted by Gasteiger charge is -2.11. The number of amides is 1. The topological polar surface area (TPSA) is 90.6 Å². The van der Waals surface area contributed by atoms with Crippen molar-refractivity contribution in [3.8, 4) is 28.6 Å². The summed E-state index contributed by atoms with van der Waals surface area (Å²) < 4.78 is 26.1. The maximum absolute atomic E-state index is 13.7. The second kappa shape index (κ2) is 11.3. The Labute approximate surface area is 205 Å². The molecule has 1 N–H and O–H groups in total. The van der Waals surface area contributed by atoms with E-state index in [1.165, 1.54) is 24.0 Å². The molecule has 0 aliphatic carbocycles. The van der Waals surface area contributed by atoms with Gasteiger partial charge in [-0.15, -0.1) is 10.2 Å². The summed E-state index contributed by atoms with van der Waals surface area (Å²) in [6, 6.07) is 21.1. The Balaban J connectivity index is 1.54. The minimum atomic E-state index is -0.418. The third kappa shape index (κ3) is 5.85. The highest BCUT2D eigenvalue weighted by molar-refractivity contribution is 7.99. The molecule has 0 saturated carbocycles. The van der Waals surface area contributed by atoms with Crippen LogP contribution >= 0.6 is 11.8 Å². The van der Waals surface area contributed by atoms with Crippen molar-refractivity contribution in [2.45, 2.75) is 5.16 Å². The van der Waals surface area contributed by atoms with Crippen LogP contribution in [-0.4, -0.2) is 46.9 Å². The first-order chi connectivity index (χ1) is 17.1. The lowest BCUT2D eigenvalue weighted by atomic mass is 10.2. The Morgan fingerprint density at radius 1 is 1.00 bits per heavy atom. The van der Waals surface area contributed by atoms with Gasteiger partial charge in [-0.2, -0.15) is 5.10 Å². The number of ether oxygens (including phenoxy) is 2. The molecule has 0 unspecified atom stereocenters. The van der Waals surface area contributed by atoms with Crippen LogP contribution in [-0.2, 0) is 4.79 Å². The first kappa shape index (κ1) is 24.0. The summed E-state index contributed by atoms with van der Waals surface area (Å²) in [5, 5.41) is 13.0. The van der Waals surface area contributed by atoms with E-state index in [0.717, 1.165) is 17.0 Å². The summed E-state index contributed by atoms with van der Waals surface area (Å²) in [6.07, 6.45) is 1.26. The lowest BCUT2D eigenvalue weighted by molar-refractivity contribution is -0.118. The van der Waals surface area contributed by atoms with Crippen molar-refractivity contribution in [3.63, 3.8) is 0 Å². The maximum atomic E-state index is 13.7. The van der Waals surface area contributed by atoms with Gasteiger partial charge in [-0.3, -0.25) is 9.36 Å². The van der Waals surface area contributed by atoms with Gasteiger partial charge >= 0.3 is 0 Å². The van der Waals surface area contributed by atoms with Crippen molar-refractivity contribution in [1.82, 2.24) is 20.2 Å². The summed E-state index contributed by atoms with van der Waals surface area (Å²) in [6.45, 7) is 0. The molecule has 10 heteroatoms. The number of nitrogens with one attached hydrogen (secondary N) is 1. The third-order valence-corrected chi connectivity index (χ3v) is 5.87. The van der Waals surface area contributed by atoms with Crippen LogP contribution in [0.2, 0.25) is 0 Å². The Kier molecular flexibility index (Phi) is 7.74. The van der Waals surface area contributed by atoms with Gasteiger partial charge in [-0.1, -0.05) is 30.0 Å². The van der Waals surface area contributed by atoms with E-state index < -0.39 is 5.82 Å². The van der Waals surface area contributed by atoms with Crippen molar-refractivity contribution in [2.24, 2.45) is 5.10 Å². The molecule has 0 aliphatic heterocycles. The zero-order valence-electron chi connectivity index (χ0n) is 19.0. The fourth-order valence-electron chi connectivity index (χ4n) is 3.17. The number of hydrogen-bond acceptors (Lipinski definition) is 7. The molecule has 1 amide bonds. The zero-order chi connectivity index (χ0) is 24.6. The standard InChI is InChI=1S/C25H22FN5O3S/c1-33-20-11-7-17(8-12-20)24-29-30-25(31(24)19-9-13-21(34-2)14-10-19)35-16-23(32)28-27-15-18-5-3-4-6-22(18)26/h3-15H,16H2,1-2H3,(H,28,32)/b27-15+. The minimum Gasteiger partial charge on any atom is -0.497 e. The van der Waals surface area contributed by atoms with Crippen LogP contribution in [0.4, 0.5) is 4.39 Å². The molecule has 0 spiro atoms. The lowest BCUT2D eigenvalue weighted by Crippen LogP contribution is -2.20. The Morgan fingerprint density at radius 3 is 2.31 bits per heavy atom. The van der Waals surface area contributed by atoms with Crippen LogP contribution < -0.4 is 14.9 Å². The number of nitrogens with zero attached hydrogens (tertiary/aromatic N) is 4. The minimum absolute atomic E-state index is 0.0332. The van der Waals surface area contributed by atoms with Crippen molar-refractivity contribution in [3.05, 3.63) is 84.2 Å². The SMILES string of the molecule is COc1ccc(-c2nnc(SCC(=O)N/N=C/c3ccccc3F)n2-c2ccc(OC)cc2)cc1. The highest BCUT2D eigenvalue weighted by Crippen LogP contribution is 2.29. The smallest absolute Gasteiger partial charge is 0.250 e. The van der Waals surface area contributed by atoms with Crippen molar-refractivity contribution >= 4 is 23.9 Å². The molecule has 8 nitrogen and oxygen atoms in total. The van der Waals surface area contributed by atoms with E-state index in [0.29, 0.717) is 16.7 Å². The molecule has 0 atom stereocenters. The quantitative estimate of drug-likeness (QED) is 0.213. The molecular formula is C25H22FN5O3S. The van der Waals surface area contributed by atoms with Gasteiger partial charge in [0.15, 0.2) is 11.0 Å². The Hall–Kier alpha value is -4.18. The number of thioether (sulfide) groups is 1. The molecule has 3 aromatic carbocycles. The van der Waals surface area contributed by atoms with Crippen LogP contribution in [0.5, 0.6) is 11.5 Å². The number of hydrogen-bond donors (Lipinski definition) is 1. The van der Waals surface area contributed by atoms with E-state index in [-0.39, 0.29) is 17.2 Å². The molecule has 35 heavy (non-hydrogen) atoms. The fourth-order valence-corrected chi connectivity index (χ4v) is 3.91. The number of halogens is 1. The van der Waals surface area contributed by atoms with Crippen LogP contribution in [0, 0.1) is 5.82 Å². The fraction of sp³-hybridized carbons (Fsp3) is 0.120. The number of hydrazone groups is 1. The number of methoxy groups -OCH3 is 2. The number of carbonyl (C=O) groups is 1. The largest absolute Gasteiger partial charge is 0.497 e. The first-order valence-electron chi connectivity index (χ1n) is 10.5. The molecule has 0 radical (unpaired) electrons. The summed E-state index contributed by atoms with van der Waals surface area (Å²) in [5.74, 6) is 1.31. The van der Waals surface area contributed by atoms with Gasteiger partial charge in [0.05, 0.1) is 26.2 Å². The monoisotopic (exact) mass is 491 g/mol. The molecule has 0 saturated heterocycles. The normalized spacial score (nSPS) is 10.9. The van der Waals surface area contributed by atoms with Crippen molar-refractivity contribution < 1.29 is 18.7 Å². The summed E-state index contributed by atoms with van der Waals surface area (Å²) in [5.41, 5.74) is 4.33. The average Bonchev–Trinajstić information content (AvgIpc) is 3.32. The Morgan fingerprint density at radius 2 is 1.66 bits per heavy atom. The maximum Gasteiger partial charge on any atom is 0.250 e. The van der Waals surface area contributed by atoms with Gasteiger partial charge in [0, 0.05) is 16.8 Å². The highest BCUT2D eigenvalue weighted by Gasteiger charge is 2.17. The summed E-state index contributed by atoms with van der Waals surface area (Å²) in [7, 11) is 3.21. The first-order valence-corrected chi connectivity index (χ1v) is 11.5. The molecule has 4 aromatic rings. The molecule has 4 rings (SSSR count). The van der Waals surface area contributed by atoms with Gasteiger partial charge < -0.3 is 9.47 Å². The van der Waals surface area contributed by atoms with Crippen molar-refractivity contribution in [1.29, 1.82) is 0 Å². The summed E-state index contributed by atoms with van der Waals surface area (Å²) in [4.78, 5) is 12.3. The van der Waals surface area contributed by atoms with E-state index in [1.54, 1.807) is 32.4 Å². The van der Waals surface area contributed by atoms with Crippen LogP contribution in [0.25, 0.3) is 17.1 Å². The van der Waals surface area contributed by atoms with Gasteiger partial charge in [0.25, 0.3) is 5.91 Å². The molecular weight excluding hydrogens is 469 g/mol.